The van der Waals surface area contributed by atoms with Crippen molar-refractivity contribution >= 4 is 39.9 Å². The normalized spacial score (nSPS) is 10.7. The fraction of sp³-hybridized carbons (Fsp3) is 0.111. The third-order valence-corrected chi connectivity index (χ3v) is 4.03. The van der Waals surface area contributed by atoms with Crippen LogP contribution in [0.15, 0.2) is 42.5 Å². The second-order valence-corrected chi connectivity index (χ2v) is 5.79. The van der Waals surface area contributed by atoms with Crippen LogP contribution in [0.25, 0.3) is 10.9 Å². The van der Waals surface area contributed by atoms with Gasteiger partial charge in [-0.25, -0.2) is 0 Å². The smallest absolute Gasteiger partial charge is 0.258 e. The lowest BCUT2D eigenvalue weighted by Crippen LogP contribution is -2.13. The third kappa shape index (κ3) is 2.85. The van der Waals surface area contributed by atoms with Gasteiger partial charge in [-0.3, -0.25) is 9.59 Å². The van der Waals surface area contributed by atoms with Crippen molar-refractivity contribution in [1.82, 2.24) is 4.98 Å². The zero-order valence-electron chi connectivity index (χ0n) is 12.7. The van der Waals surface area contributed by atoms with Crippen LogP contribution >= 0.6 is 11.6 Å². The van der Waals surface area contributed by atoms with Gasteiger partial charge in [0, 0.05) is 27.8 Å². The summed E-state index contributed by atoms with van der Waals surface area (Å²) in [6.07, 6.45) is 0. The zero-order chi connectivity index (χ0) is 16.6. The van der Waals surface area contributed by atoms with Crippen LogP contribution in [0.4, 0.5) is 5.69 Å². The molecule has 3 aromatic rings. The second kappa shape index (κ2) is 5.89. The van der Waals surface area contributed by atoms with Gasteiger partial charge in [-0.1, -0.05) is 29.8 Å². The Hall–Kier alpha value is -2.59. The number of carbonyl (C=O) groups is 2. The first-order chi connectivity index (χ1) is 11.0. The first-order valence-corrected chi connectivity index (χ1v) is 7.54. The summed E-state index contributed by atoms with van der Waals surface area (Å²) in [7, 11) is 0. The maximum Gasteiger partial charge on any atom is 0.258 e. The highest BCUT2D eigenvalue weighted by atomic mass is 35.5. The minimum Gasteiger partial charge on any atom is -0.358 e. The van der Waals surface area contributed by atoms with Crippen molar-refractivity contribution in [2.24, 2.45) is 0 Å². The molecule has 0 fully saturated rings. The van der Waals surface area contributed by atoms with E-state index in [9.17, 15) is 9.59 Å². The van der Waals surface area contributed by atoms with E-state index in [4.69, 9.17) is 11.6 Å². The van der Waals surface area contributed by atoms with Gasteiger partial charge in [-0.2, -0.15) is 0 Å². The van der Waals surface area contributed by atoms with Crippen LogP contribution in [0.3, 0.4) is 0 Å². The Bertz CT molecular complexity index is 928. The highest BCUT2D eigenvalue weighted by Gasteiger charge is 2.18. The Morgan fingerprint density at radius 1 is 1.13 bits per heavy atom. The van der Waals surface area contributed by atoms with Gasteiger partial charge in [0.2, 0.25) is 0 Å². The van der Waals surface area contributed by atoms with Crippen LogP contribution in [0.5, 0.6) is 0 Å². The predicted molar refractivity (Wildman–Crippen MR) is 92.4 cm³/mol. The van der Waals surface area contributed by atoms with Gasteiger partial charge in [0.25, 0.3) is 5.91 Å². The highest BCUT2D eigenvalue weighted by Crippen LogP contribution is 2.29. The van der Waals surface area contributed by atoms with E-state index in [1.165, 1.54) is 6.92 Å². The quantitative estimate of drug-likeness (QED) is 0.692. The molecule has 1 heterocycles. The molecule has 0 saturated carbocycles. The van der Waals surface area contributed by atoms with Gasteiger partial charge in [-0.05, 0) is 38.1 Å². The number of aromatic nitrogens is 1. The summed E-state index contributed by atoms with van der Waals surface area (Å²) >= 11 is 6.24. The van der Waals surface area contributed by atoms with Gasteiger partial charge >= 0.3 is 0 Å². The highest BCUT2D eigenvalue weighted by molar-refractivity contribution is 6.37. The number of hydrogen-bond donors (Lipinski definition) is 2. The number of aromatic amines is 1. The van der Waals surface area contributed by atoms with E-state index in [-0.39, 0.29) is 11.7 Å². The van der Waals surface area contributed by atoms with Gasteiger partial charge in [0.1, 0.15) is 0 Å². The van der Waals surface area contributed by atoms with E-state index in [0.29, 0.717) is 27.2 Å². The SMILES string of the molecule is CC(=O)c1cccc(NC(=O)c2c(C)[nH]c3cccc(Cl)c23)c1. The fourth-order valence-electron chi connectivity index (χ4n) is 2.63. The van der Waals surface area contributed by atoms with E-state index in [1.54, 1.807) is 30.3 Å². The van der Waals surface area contributed by atoms with E-state index in [2.05, 4.69) is 10.3 Å². The van der Waals surface area contributed by atoms with Crippen molar-refractivity contribution < 1.29 is 9.59 Å². The number of H-pyrrole nitrogens is 1. The van der Waals surface area contributed by atoms with Crippen molar-refractivity contribution in [2.45, 2.75) is 13.8 Å². The van der Waals surface area contributed by atoms with Crippen LogP contribution in [-0.2, 0) is 0 Å². The lowest BCUT2D eigenvalue weighted by molar-refractivity contribution is 0.101. The molecule has 0 radical (unpaired) electrons. The predicted octanol–water partition coefficient (Wildman–Crippen LogP) is 4.58. The van der Waals surface area contributed by atoms with Crippen LogP contribution in [0.1, 0.15) is 33.3 Å². The molecule has 0 aliphatic heterocycles. The summed E-state index contributed by atoms with van der Waals surface area (Å²) in [6.45, 7) is 3.32. The van der Waals surface area contributed by atoms with Crippen molar-refractivity contribution in [2.75, 3.05) is 5.32 Å². The largest absolute Gasteiger partial charge is 0.358 e. The number of fused-ring (bicyclic) bond motifs is 1. The fourth-order valence-corrected chi connectivity index (χ4v) is 2.90. The Kier molecular flexibility index (Phi) is 3.92. The molecular formula is C18H15ClN2O2. The monoisotopic (exact) mass is 326 g/mol. The van der Waals surface area contributed by atoms with E-state index >= 15 is 0 Å². The Labute approximate surface area is 138 Å². The summed E-state index contributed by atoms with van der Waals surface area (Å²) in [4.78, 5) is 27.3. The third-order valence-electron chi connectivity index (χ3n) is 3.71. The maximum atomic E-state index is 12.7. The van der Waals surface area contributed by atoms with Crippen molar-refractivity contribution in [3.63, 3.8) is 0 Å². The number of nitrogens with one attached hydrogen (secondary N) is 2. The molecule has 2 aromatic carbocycles. The van der Waals surface area contributed by atoms with Gasteiger partial charge in [-0.15, -0.1) is 0 Å². The first kappa shape index (κ1) is 15.3. The number of benzene rings is 2. The molecule has 0 aliphatic carbocycles. The number of carbonyl (C=O) groups excluding carboxylic acids is 2. The minimum atomic E-state index is -0.262. The molecule has 0 saturated heterocycles. The lowest BCUT2D eigenvalue weighted by atomic mass is 10.1. The maximum absolute atomic E-state index is 12.7. The summed E-state index contributed by atoms with van der Waals surface area (Å²) in [5.41, 5.74) is 3.20. The van der Waals surface area contributed by atoms with Gasteiger partial charge in [0.05, 0.1) is 10.6 Å². The molecule has 2 N–H and O–H groups in total. The molecule has 116 valence electrons. The van der Waals surface area contributed by atoms with Crippen LogP contribution in [0.2, 0.25) is 5.02 Å². The summed E-state index contributed by atoms with van der Waals surface area (Å²) < 4.78 is 0. The zero-order valence-corrected chi connectivity index (χ0v) is 13.5. The van der Waals surface area contributed by atoms with E-state index < -0.39 is 0 Å². The van der Waals surface area contributed by atoms with Gasteiger partial charge in [0.15, 0.2) is 5.78 Å². The standard InChI is InChI=1S/C18H15ClN2O2/c1-10-16(17-14(19)7-4-8-15(17)20-10)18(23)21-13-6-3-5-12(9-13)11(2)22/h3-9,20H,1-2H3,(H,21,23). The topological polar surface area (TPSA) is 62.0 Å². The minimum absolute atomic E-state index is 0.0487. The molecule has 1 aromatic heterocycles. The van der Waals surface area contributed by atoms with Crippen LogP contribution in [-0.4, -0.2) is 16.7 Å². The van der Waals surface area contributed by atoms with Crippen LogP contribution < -0.4 is 5.32 Å². The average Bonchev–Trinajstić information content (AvgIpc) is 2.85. The molecule has 3 rings (SSSR count). The summed E-state index contributed by atoms with van der Waals surface area (Å²) in [6, 6.07) is 12.3. The van der Waals surface area contributed by atoms with Crippen LogP contribution in [0, 0.1) is 6.92 Å². The van der Waals surface area contributed by atoms with Gasteiger partial charge < -0.3 is 10.3 Å². The first-order valence-electron chi connectivity index (χ1n) is 7.16. The Morgan fingerprint density at radius 2 is 1.87 bits per heavy atom. The molecule has 1 amide bonds. The Balaban J connectivity index is 2.00. The molecule has 0 spiro atoms. The number of Topliss-reactive ketones (excluding diaryl/α,β-unsaturated/α-hetero) is 1. The molecular weight excluding hydrogens is 312 g/mol. The molecule has 0 aliphatic rings. The van der Waals surface area contributed by atoms with Crippen molar-refractivity contribution in [3.8, 4) is 0 Å². The summed E-state index contributed by atoms with van der Waals surface area (Å²) in [5, 5.41) is 4.05. The number of hydrogen-bond acceptors (Lipinski definition) is 2. The lowest BCUT2D eigenvalue weighted by Gasteiger charge is -2.07. The van der Waals surface area contributed by atoms with Crippen molar-refractivity contribution in [1.29, 1.82) is 0 Å². The van der Waals surface area contributed by atoms with Crippen molar-refractivity contribution in [3.05, 3.63) is 64.3 Å². The number of halogens is 1. The number of rotatable bonds is 3. The van der Waals surface area contributed by atoms with E-state index in [0.717, 1.165) is 11.2 Å². The Morgan fingerprint density at radius 3 is 2.61 bits per heavy atom. The molecule has 0 unspecified atom stereocenters. The number of anilines is 1. The number of aryl methyl sites for hydroxylation is 1. The molecule has 0 atom stereocenters. The second-order valence-electron chi connectivity index (χ2n) is 5.38. The number of ketones is 1. The molecule has 0 bridgehead atoms. The number of amides is 1. The summed E-state index contributed by atoms with van der Waals surface area (Å²) in [5.74, 6) is -0.310. The average molecular weight is 327 g/mol. The molecule has 4 nitrogen and oxygen atoms in total. The molecule has 5 heteroatoms. The van der Waals surface area contributed by atoms with E-state index in [1.807, 2.05) is 19.1 Å². The molecule has 23 heavy (non-hydrogen) atoms.